The summed E-state index contributed by atoms with van der Waals surface area (Å²) in [6.07, 6.45) is 1.48. The fraction of sp³-hybridized carbons (Fsp3) is 0.0714. The smallest absolute Gasteiger partial charge is 0.313 e. The van der Waals surface area contributed by atoms with E-state index in [0.29, 0.717) is 5.02 Å². The lowest BCUT2D eigenvalue weighted by Crippen LogP contribution is -2.35. The van der Waals surface area contributed by atoms with Gasteiger partial charge in [-0.1, -0.05) is 41.4 Å². The lowest BCUT2D eigenvalue weighted by atomic mass is 10.2. The molecule has 2 amide bonds. The van der Waals surface area contributed by atoms with E-state index in [0.717, 1.165) is 5.56 Å². The van der Waals surface area contributed by atoms with Gasteiger partial charge < -0.3 is 10.6 Å². The zero-order chi connectivity index (χ0) is 15.2. The molecule has 0 aliphatic rings. The van der Waals surface area contributed by atoms with Crippen LogP contribution < -0.4 is 10.6 Å². The Morgan fingerprint density at radius 2 is 1.81 bits per heavy atom. The standard InChI is InChI=1S/C14H11Cl2N3O2/c15-10-5-2-1-4-9(10)8-18-13(20)14(21)19-11-6-3-7-17-12(11)16/h1-7H,8H2,(H,18,20)(H,19,21). The molecule has 2 rings (SSSR count). The second-order valence-corrected chi connectivity index (χ2v) is 4.84. The van der Waals surface area contributed by atoms with Gasteiger partial charge in [0.1, 0.15) is 0 Å². The van der Waals surface area contributed by atoms with E-state index < -0.39 is 11.8 Å². The van der Waals surface area contributed by atoms with E-state index in [4.69, 9.17) is 23.2 Å². The van der Waals surface area contributed by atoms with Crippen molar-refractivity contribution in [1.82, 2.24) is 10.3 Å². The number of hydrogen-bond acceptors (Lipinski definition) is 3. The molecule has 5 nitrogen and oxygen atoms in total. The fourth-order valence-corrected chi connectivity index (χ4v) is 1.93. The lowest BCUT2D eigenvalue weighted by molar-refractivity contribution is -0.136. The van der Waals surface area contributed by atoms with Crippen molar-refractivity contribution in [1.29, 1.82) is 0 Å². The third-order valence-corrected chi connectivity index (χ3v) is 3.28. The molecule has 0 spiro atoms. The molecule has 1 heterocycles. The van der Waals surface area contributed by atoms with Crippen molar-refractivity contribution >= 4 is 40.7 Å². The number of carbonyl (C=O) groups excluding carboxylic acids is 2. The molecule has 1 aromatic carbocycles. The van der Waals surface area contributed by atoms with E-state index in [2.05, 4.69) is 15.6 Å². The van der Waals surface area contributed by atoms with Crippen LogP contribution in [0.25, 0.3) is 0 Å². The Hall–Kier alpha value is -2.11. The second-order valence-electron chi connectivity index (χ2n) is 4.07. The quantitative estimate of drug-likeness (QED) is 0.673. The number of rotatable bonds is 3. The van der Waals surface area contributed by atoms with Gasteiger partial charge in [-0.05, 0) is 23.8 Å². The van der Waals surface area contributed by atoms with Crippen LogP contribution in [0.2, 0.25) is 10.2 Å². The number of nitrogens with one attached hydrogen (secondary N) is 2. The van der Waals surface area contributed by atoms with Crippen molar-refractivity contribution in [3.63, 3.8) is 0 Å². The highest BCUT2D eigenvalue weighted by Gasteiger charge is 2.15. The molecule has 0 aliphatic carbocycles. The Bertz CT molecular complexity index is 677. The fourth-order valence-electron chi connectivity index (χ4n) is 1.56. The normalized spacial score (nSPS) is 10.0. The van der Waals surface area contributed by atoms with Gasteiger partial charge in [-0.25, -0.2) is 4.98 Å². The van der Waals surface area contributed by atoms with Crippen molar-refractivity contribution in [2.24, 2.45) is 0 Å². The van der Waals surface area contributed by atoms with Crippen LogP contribution in [0.3, 0.4) is 0 Å². The first kappa shape index (κ1) is 15.3. The molecule has 0 fully saturated rings. The maximum atomic E-state index is 11.7. The third-order valence-electron chi connectivity index (χ3n) is 2.61. The molecule has 2 N–H and O–H groups in total. The highest BCUT2D eigenvalue weighted by Crippen LogP contribution is 2.17. The zero-order valence-electron chi connectivity index (χ0n) is 10.8. The molecule has 2 aromatic rings. The van der Waals surface area contributed by atoms with Crippen molar-refractivity contribution in [3.05, 3.63) is 58.3 Å². The van der Waals surface area contributed by atoms with Crippen molar-refractivity contribution in [3.8, 4) is 0 Å². The highest BCUT2D eigenvalue weighted by molar-refractivity contribution is 6.41. The molecule has 1 aromatic heterocycles. The van der Waals surface area contributed by atoms with Crippen LogP contribution in [-0.4, -0.2) is 16.8 Å². The highest BCUT2D eigenvalue weighted by atomic mass is 35.5. The van der Waals surface area contributed by atoms with Crippen LogP contribution in [0.1, 0.15) is 5.56 Å². The van der Waals surface area contributed by atoms with E-state index in [1.807, 2.05) is 0 Å². The number of halogens is 2. The number of anilines is 1. The minimum atomic E-state index is -0.822. The van der Waals surface area contributed by atoms with E-state index in [1.54, 1.807) is 36.4 Å². The number of nitrogens with zero attached hydrogens (tertiary/aromatic N) is 1. The Labute approximate surface area is 131 Å². The maximum Gasteiger partial charge on any atom is 0.313 e. The largest absolute Gasteiger partial charge is 0.344 e. The molecule has 21 heavy (non-hydrogen) atoms. The van der Waals surface area contributed by atoms with Crippen molar-refractivity contribution in [2.45, 2.75) is 6.54 Å². The van der Waals surface area contributed by atoms with E-state index in [1.165, 1.54) is 6.20 Å². The summed E-state index contributed by atoms with van der Waals surface area (Å²) in [5.74, 6) is -1.60. The average Bonchev–Trinajstić information content (AvgIpc) is 2.48. The molecule has 0 aliphatic heterocycles. The second kappa shape index (κ2) is 7.06. The maximum absolute atomic E-state index is 11.7. The summed E-state index contributed by atoms with van der Waals surface area (Å²) in [5.41, 5.74) is 0.997. The SMILES string of the molecule is O=C(NCc1ccccc1Cl)C(=O)Nc1cccnc1Cl. The summed E-state index contributed by atoms with van der Waals surface area (Å²) < 4.78 is 0. The number of aromatic nitrogens is 1. The Kier molecular flexibility index (Phi) is 5.14. The monoisotopic (exact) mass is 323 g/mol. The van der Waals surface area contributed by atoms with Crippen LogP contribution in [0.4, 0.5) is 5.69 Å². The van der Waals surface area contributed by atoms with E-state index >= 15 is 0 Å². The molecule has 0 unspecified atom stereocenters. The number of hydrogen-bond donors (Lipinski definition) is 2. The molecule has 108 valence electrons. The Morgan fingerprint density at radius 3 is 2.52 bits per heavy atom. The molecular weight excluding hydrogens is 313 g/mol. The predicted octanol–water partition coefficient (Wildman–Crippen LogP) is 2.64. The van der Waals surface area contributed by atoms with Gasteiger partial charge in [0.05, 0.1) is 5.69 Å². The Balaban J connectivity index is 1.93. The lowest BCUT2D eigenvalue weighted by Gasteiger charge is -2.08. The van der Waals surface area contributed by atoms with Gasteiger partial charge in [0, 0.05) is 17.8 Å². The molecule has 0 bridgehead atoms. The minimum absolute atomic E-state index is 0.116. The summed E-state index contributed by atoms with van der Waals surface area (Å²) in [6, 6.07) is 10.2. The van der Waals surface area contributed by atoms with Crippen LogP contribution in [0, 0.1) is 0 Å². The van der Waals surface area contributed by atoms with Crippen molar-refractivity contribution in [2.75, 3.05) is 5.32 Å². The van der Waals surface area contributed by atoms with Gasteiger partial charge in [-0.3, -0.25) is 9.59 Å². The van der Waals surface area contributed by atoms with Gasteiger partial charge in [0.2, 0.25) is 0 Å². The number of carbonyl (C=O) groups is 2. The molecular formula is C14H11Cl2N3O2. The topological polar surface area (TPSA) is 71.1 Å². The number of benzene rings is 1. The number of pyridine rings is 1. The van der Waals surface area contributed by atoms with Gasteiger partial charge in [0.25, 0.3) is 0 Å². The van der Waals surface area contributed by atoms with E-state index in [-0.39, 0.29) is 17.4 Å². The molecule has 0 saturated heterocycles. The Morgan fingerprint density at radius 1 is 1.05 bits per heavy atom. The summed E-state index contributed by atoms with van der Waals surface area (Å²) in [7, 11) is 0. The summed E-state index contributed by atoms with van der Waals surface area (Å²) in [4.78, 5) is 27.2. The first-order valence-electron chi connectivity index (χ1n) is 6.01. The number of amides is 2. The predicted molar refractivity (Wildman–Crippen MR) is 81.2 cm³/mol. The molecule has 7 heteroatoms. The van der Waals surface area contributed by atoms with Crippen molar-refractivity contribution < 1.29 is 9.59 Å². The summed E-state index contributed by atoms with van der Waals surface area (Å²) in [5, 5.41) is 5.50. The average molecular weight is 324 g/mol. The van der Waals surface area contributed by atoms with Crippen LogP contribution in [0.5, 0.6) is 0 Å². The summed E-state index contributed by atoms with van der Waals surface area (Å²) >= 11 is 11.8. The van der Waals surface area contributed by atoms with Gasteiger partial charge >= 0.3 is 11.8 Å². The minimum Gasteiger partial charge on any atom is -0.344 e. The van der Waals surface area contributed by atoms with Crippen LogP contribution in [0.15, 0.2) is 42.6 Å². The van der Waals surface area contributed by atoms with Gasteiger partial charge in [-0.2, -0.15) is 0 Å². The van der Waals surface area contributed by atoms with Gasteiger partial charge in [-0.15, -0.1) is 0 Å². The van der Waals surface area contributed by atoms with E-state index in [9.17, 15) is 9.59 Å². The zero-order valence-corrected chi connectivity index (χ0v) is 12.3. The molecule has 0 atom stereocenters. The first-order valence-corrected chi connectivity index (χ1v) is 6.76. The summed E-state index contributed by atoms with van der Waals surface area (Å²) in [6.45, 7) is 0.159. The van der Waals surface area contributed by atoms with Crippen LogP contribution in [-0.2, 0) is 16.1 Å². The molecule has 0 saturated carbocycles. The third kappa shape index (κ3) is 4.18. The van der Waals surface area contributed by atoms with Crippen LogP contribution >= 0.6 is 23.2 Å². The molecule has 0 radical (unpaired) electrons. The first-order chi connectivity index (χ1) is 10.1. The van der Waals surface area contributed by atoms with Gasteiger partial charge in [0.15, 0.2) is 5.15 Å².